The summed E-state index contributed by atoms with van der Waals surface area (Å²) in [7, 11) is 1.82. The largest absolute Gasteiger partial charge is 0.376 e. The van der Waals surface area contributed by atoms with Crippen molar-refractivity contribution < 1.29 is 9.53 Å². The van der Waals surface area contributed by atoms with Gasteiger partial charge in [0.2, 0.25) is 0 Å². The smallest absolute Gasteiger partial charge is 0.254 e. The van der Waals surface area contributed by atoms with Gasteiger partial charge in [-0.15, -0.1) is 0 Å². The summed E-state index contributed by atoms with van der Waals surface area (Å²) in [6.07, 6.45) is 6.01. The van der Waals surface area contributed by atoms with Crippen molar-refractivity contribution in [3.8, 4) is 0 Å². The highest BCUT2D eigenvalue weighted by molar-refractivity contribution is 5.94. The van der Waals surface area contributed by atoms with E-state index in [1.54, 1.807) is 10.9 Å². The Kier molecular flexibility index (Phi) is 5.14. The molecule has 0 bridgehead atoms. The van der Waals surface area contributed by atoms with Crippen molar-refractivity contribution in [2.24, 2.45) is 12.8 Å². The van der Waals surface area contributed by atoms with Gasteiger partial charge in [-0.1, -0.05) is 0 Å². The van der Waals surface area contributed by atoms with Crippen molar-refractivity contribution >= 4 is 5.91 Å². The molecule has 0 spiro atoms. The minimum absolute atomic E-state index is 0.0927. The molecule has 1 heterocycles. The summed E-state index contributed by atoms with van der Waals surface area (Å²) in [6, 6.07) is 0.336. The molecule has 2 rings (SSSR count). The van der Waals surface area contributed by atoms with Crippen molar-refractivity contribution in [1.29, 1.82) is 0 Å². The van der Waals surface area contributed by atoms with Crippen LogP contribution in [0.25, 0.3) is 0 Å². The normalized spacial score (nSPS) is 22.8. The molecule has 20 heavy (non-hydrogen) atoms. The second kappa shape index (κ2) is 6.85. The number of nitrogens with two attached hydrogens (primary N) is 1. The van der Waals surface area contributed by atoms with Crippen LogP contribution in [-0.4, -0.2) is 41.0 Å². The van der Waals surface area contributed by atoms with E-state index < -0.39 is 0 Å². The minimum Gasteiger partial charge on any atom is -0.376 e. The Bertz CT molecular complexity index is 450. The Morgan fingerprint density at radius 1 is 1.50 bits per heavy atom. The first kappa shape index (κ1) is 15.0. The number of nitrogens with zero attached hydrogens (tertiary/aromatic N) is 2. The van der Waals surface area contributed by atoms with Gasteiger partial charge in [0.1, 0.15) is 0 Å². The summed E-state index contributed by atoms with van der Waals surface area (Å²) in [6.45, 7) is 2.95. The molecule has 6 heteroatoms. The Morgan fingerprint density at radius 3 is 2.80 bits per heavy atom. The molecule has 1 aromatic heterocycles. The summed E-state index contributed by atoms with van der Waals surface area (Å²) in [5.74, 6) is -0.0927. The molecule has 0 aromatic carbocycles. The van der Waals surface area contributed by atoms with Gasteiger partial charge in [-0.2, -0.15) is 5.10 Å². The summed E-state index contributed by atoms with van der Waals surface area (Å²) < 4.78 is 7.45. The molecule has 0 saturated heterocycles. The first-order valence-electron chi connectivity index (χ1n) is 7.22. The molecule has 1 aliphatic rings. The highest BCUT2D eigenvalue weighted by atomic mass is 16.5. The van der Waals surface area contributed by atoms with Crippen molar-refractivity contribution in [2.45, 2.75) is 44.8 Å². The summed E-state index contributed by atoms with van der Waals surface area (Å²) in [4.78, 5) is 11.9. The Morgan fingerprint density at radius 2 is 2.20 bits per heavy atom. The second-order valence-corrected chi connectivity index (χ2v) is 5.43. The second-order valence-electron chi connectivity index (χ2n) is 5.43. The SMILES string of the molecule is Cc1c(C(=O)NCCOC2CCC(N)CC2)cnn1C. The summed E-state index contributed by atoms with van der Waals surface area (Å²) in [5, 5.41) is 6.92. The molecule has 0 unspecified atom stereocenters. The van der Waals surface area contributed by atoms with E-state index >= 15 is 0 Å². The lowest BCUT2D eigenvalue weighted by atomic mass is 9.94. The van der Waals surface area contributed by atoms with E-state index in [1.807, 2.05) is 14.0 Å². The molecular formula is C14H24N4O2. The highest BCUT2D eigenvalue weighted by Crippen LogP contribution is 2.19. The lowest BCUT2D eigenvalue weighted by molar-refractivity contribution is 0.0267. The number of hydrogen-bond donors (Lipinski definition) is 2. The van der Waals surface area contributed by atoms with E-state index in [0.29, 0.717) is 30.9 Å². The maximum Gasteiger partial charge on any atom is 0.254 e. The summed E-state index contributed by atoms with van der Waals surface area (Å²) in [5.41, 5.74) is 7.34. The number of aryl methyl sites for hydroxylation is 1. The van der Waals surface area contributed by atoms with Crippen molar-refractivity contribution in [2.75, 3.05) is 13.2 Å². The van der Waals surface area contributed by atoms with E-state index in [2.05, 4.69) is 10.4 Å². The van der Waals surface area contributed by atoms with Crippen molar-refractivity contribution in [3.05, 3.63) is 17.5 Å². The van der Waals surface area contributed by atoms with Gasteiger partial charge >= 0.3 is 0 Å². The number of amides is 1. The van der Waals surface area contributed by atoms with E-state index in [0.717, 1.165) is 31.4 Å². The van der Waals surface area contributed by atoms with Gasteiger partial charge in [-0.25, -0.2) is 0 Å². The van der Waals surface area contributed by atoms with Crippen LogP contribution in [-0.2, 0) is 11.8 Å². The topological polar surface area (TPSA) is 82.2 Å². The lowest BCUT2D eigenvalue weighted by Gasteiger charge is -2.26. The number of carbonyl (C=O) groups excluding carboxylic acids is 1. The van der Waals surface area contributed by atoms with Crippen LogP contribution >= 0.6 is 0 Å². The van der Waals surface area contributed by atoms with Crippen LogP contribution in [0, 0.1) is 6.92 Å². The number of nitrogens with one attached hydrogen (secondary N) is 1. The van der Waals surface area contributed by atoms with Crippen LogP contribution < -0.4 is 11.1 Å². The predicted molar refractivity (Wildman–Crippen MR) is 76.5 cm³/mol. The van der Waals surface area contributed by atoms with Crippen LogP contribution in [0.3, 0.4) is 0 Å². The Hall–Kier alpha value is -1.40. The maximum atomic E-state index is 11.9. The van der Waals surface area contributed by atoms with Gasteiger partial charge < -0.3 is 15.8 Å². The van der Waals surface area contributed by atoms with E-state index in [4.69, 9.17) is 10.5 Å². The molecule has 1 amide bonds. The minimum atomic E-state index is -0.0927. The van der Waals surface area contributed by atoms with Gasteiger partial charge in [-0.3, -0.25) is 9.48 Å². The molecule has 1 saturated carbocycles. The van der Waals surface area contributed by atoms with E-state index in [9.17, 15) is 4.79 Å². The first-order valence-corrected chi connectivity index (χ1v) is 7.22. The summed E-state index contributed by atoms with van der Waals surface area (Å²) >= 11 is 0. The number of hydrogen-bond acceptors (Lipinski definition) is 4. The maximum absolute atomic E-state index is 11.9. The average molecular weight is 280 g/mol. The Labute approximate surface area is 119 Å². The van der Waals surface area contributed by atoms with Crippen LogP contribution in [0.4, 0.5) is 0 Å². The zero-order valence-corrected chi connectivity index (χ0v) is 12.3. The number of ether oxygens (including phenoxy) is 1. The quantitative estimate of drug-likeness (QED) is 0.780. The molecule has 112 valence electrons. The first-order chi connectivity index (χ1) is 9.58. The standard InChI is InChI=1S/C14H24N4O2/c1-10-13(9-17-18(10)2)14(19)16-7-8-20-12-5-3-11(15)4-6-12/h9,11-12H,3-8,15H2,1-2H3,(H,16,19). The van der Waals surface area contributed by atoms with Gasteiger partial charge in [0.25, 0.3) is 5.91 Å². The number of rotatable bonds is 5. The molecule has 1 aromatic rings. The highest BCUT2D eigenvalue weighted by Gasteiger charge is 2.18. The Balaban J connectivity index is 1.66. The van der Waals surface area contributed by atoms with E-state index in [1.165, 1.54) is 0 Å². The number of carbonyl (C=O) groups is 1. The molecule has 0 atom stereocenters. The van der Waals surface area contributed by atoms with Gasteiger partial charge in [0, 0.05) is 25.3 Å². The molecule has 0 aliphatic heterocycles. The van der Waals surface area contributed by atoms with Gasteiger partial charge in [0.05, 0.1) is 24.5 Å². The fraction of sp³-hybridized carbons (Fsp3) is 0.714. The molecular weight excluding hydrogens is 256 g/mol. The zero-order chi connectivity index (χ0) is 14.5. The fourth-order valence-electron chi connectivity index (χ4n) is 2.46. The predicted octanol–water partition coefficient (Wildman–Crippen LogP) is 0.745. The third-order valence-corrected chi connectivity index (χ3v) is 3.94. The molecule has 0 radical (unpaired) electrons. The molecule has 1 fully saturated rings. The van der Waals surface area contributed by atoms with Crippen LogP contribution in [0.1, 0.15) is 41.7 Å². The fourth-order valence-corrected chi connectivity index (χ4v) is 2.46. The third kappa shape index (κ3) is 3.80. The molecule has 1 aliphatic carbocycles. The van der Waals surface area contributed by atoms with Crippen molar-refractivity contribution in [3.63, 3.8) is 0 Å². The van der Waals surface area contributed by atoms with Crippen LogP contribution in [0.5, 0.6) is 0 Å². The third-order valence-electron chi connectivity index (χ3n) is 3.94. The molecule has 6 nitrogen and oxygen atoms in total. The van der Waals surface area contributed by atoms with E-state index in [-0.39, 0.29) is 5.91 Å². The van der Waals surface area contributed by atoms with Crippen LogP contribution in [0.15, 0.2) is 6.20 Å². The van der Waals surface area contributed by atoms with Gasteiger partial charge in [-0.05, 0) is 32.6 Å². The van der Waals surface area contributed by atoms with Crippen LogP contribution in [0.2, 0.25) is 0 Å². The van der Waals surface area contributed by atoms with Crippen molar-refractivity contribution in [1.82, 2.24) is 15.1 Å². The van der Waals surface area contributed by atoms with Gasteiger partial charge in [0.15, 0.2) is 0 Å². The molecule has 3 N–H and O–H groups in total. The monoisotopic (exact) mass is 280 g/mol. The number of aromatic nitrogens is 2. The zero-order valence-electron chi connectivity index (χ0n) is 12.3. The average Bonchev–Trinajstić information content (AvgIpc) is 2.77. The lowest BCUT2D eigenvalue weighted by Crippen LogP contribution is -2.33.